The first-order valence-corrected chi connectivity index (χ1v) is 14.4. The molecular weight excluding hydrogens is 542 g/mol. The molecule has 41 heavy (non-hydrogen) atoms. The fourth-order valence-corrected chi connectivity index (χ4v) is 6.06. The zero-order valence-corrected chi connectivity index (χ0v) is 23.7. The van der Waals surface area contributed by atoms with E-state index in [4.69, 9.17) is 15.0 Å². The van der Waals surface area contributed by atoms with Crippen LogP contribution in [0.25, 0.3) is 10.9 Å². The van der Waals surface area contributed by atoms with Crippen LogP contribution < -0.4 is 14.8 Å². The highest BCUT2D eigenvalue weighted by Crippen LogP contribution is 2.30. The lowest BCUT2D eigenvalue weighted by molar-refractivity contribution is 0.0980. The second kappa shape index (κ2) is 11.7. The van der Waals surface area contributed by atoms with Crippen molar-refractivity contribution in [1.29, 1.82) is 0 Å². The number of sulfonamides is 1. The van der Waals surface area contributed by atoms with Crippen LogP contribution in [0.1, 0.15) is 58.1 Å². The van der Waals surface area contributed by atoms with Crippen molar-refractivity contribution in [2.24, 2.45) is 7.05 Å². The summed E-state index contributed by atoms with van der Waals surface area (Å²) in [5, 5.41) is 3.39. The van der Waals surface area contributed by atoms with Crippen LogP contribution in [0, 0.1) is 6.92 Å². The van der Waals surface area contributed by atoms with Gasteiger partial charge in [-0.05, 0) is 85.6 Å². The van der Waals surface area contributed by atoms with Gasteiger partial charge in [0.1, 0.15) is 11.9 Å². The van der Waals surface area contributed by atoms with E-state index in [2.05, 4.69) is 10.0 Å². The van der Waals surface area contributed by atoms with Gasteiger partial charge in [0.15, 0.2) is 0 Å². The van der Waals surface area contributed by atoms with Crippen molar-refractivity contribution < 1.29 is 33.0 Å². The largest absolute Gasteiger partial charge is 0.496 e. The smallest absolute Gasteiger partial charge is 0.411 e. The van der Waals surface area contributed by atoms with Gasteiger partial charge in [-0.25, -0.2) is 17.9 Å². The number of methoxy groups -OCH3 is 1. The summed E-state index contributed by atoms with van der Waals surface area (Å²) in [6.45, 7) is 1.65. The number of nitrogens with zero attached hydrogens (tertiary/aromatic N) is 1. The Labute approximate surface area is 245 Å². The second-order valence-electron chi connectivity index (χ2n) is 9.72. The molecular formula is C31H33N3O6S. The van der Waals surface area contributed by atoms with Crippen molar-refractivity contribution in [3.8, 4) is 5.75 Å². The number of nitrogens with one attached hydrogen (secondary N) is 2. The maximum Gasteiger partial charge on any atom is 0.411 e. The first-order valence-electron chi connectivity index (χ1n) is 15.0. The summed E-state index contributed by atoms with van der Waals surface area (Å²) in [7, 11) is -0.762. The average Bonchev–Trinajstić information content (AvgIpc) is 3.39. The fourth-order valence-electron chi connectivity index (χ4n) is 4.84. The molecule has 1 fully saturated rings. The molecule has 0 saturated heterocycles. The summed E-state index contributed by atoms with van der Waals surface area (Å²) in [5.74, 6) is -0.416. The predicted octanol–water partition coefficient (Wildman–Crippen LogP) is 5.70. The van der Waals surface area contributed by atoms with Gasteiger partial charge in [-0.1, -0.05) is 24.3 Å². The molecule has 0 radical (unpaired) electrons. The second-order valence-corrected chi connectivity index (χ2v) is 11.4. The summed E-state index contributed by atoms with van der Waals surface area (Å²) >= 11 is 0. The first kappa shape index (κ1) is 23.4. The number of benzene rings is 3. The molecule has 4 aromatic rings. The lowest BCUT2D eigenvalue weighted by atomic mass is 10.0. The topological polar surface area (TPSA) is 116 Å². The van der Waals surface area contributed by atoms with Crippen LogP contribution in [0.4, 0.5) is 10.5 Å². The summed E-state index contributed by atoms with van der Waals surface area (Å²) in [4.78, 5) is 25.6. The third-order valence-electron chi connectivity index (χ3n) is 6.87. The number of fused-ring (bicyclic) bond motifs is 1. The summed E-state index contributed by atoms with van der Waals surface area (Å²) < 4.78 is 72.6. The third-order valence-corrected chi connectivity index (χ3v) is 8.36. The Hall–Kier alpha value is -4.31. The predicted molar refractivity (Wildman–Crippen MR) is 157 cm³/mol. The number of hydrogen-bond acceptors (Lipinski definition) is 6. The van der Waals surface area contributed by atoms with Crippen LogP contribution >= 0.6 is 0 Å². The Kier molecular flexibility index (Phi) is 6.66. The Bertz CT molecular complexity index is 1890. The Morgan fingerprint density at radius 3 is 2.54 bits per heavy atom. The van der Waals surface area contributed by atoms with Crippen LogP contribution in [0.2, 0.25) is 0 Å². The number of aryl methyl sites for hydroxylation is 2. The zero-order chi connectivity index (χ0) is 32.7. The molecule has 1 heterocycles. The van der Waals surface area contributed by atoms with E-state index in [9.17, 15) is 18.0 Å². The molecule has 2 N–H and O–H groups in total. The highest BCUT2D eigenvalue weighted by molar-refractivity contribution is 7.90. The van der Waals surface area contributed by atoms with E-state index in [1.807, 2.05) is 23.9 Å². The van der Waals surface area contributed by atoms with Crippen molar-refractivity contribution in [3.05, 3.63) is 89.1 Å². The molecule has 0 unspecified atom stereocenters. The number of ether oxygens (including phenoxy) is 2. The lowest BCUT2D eigenvalue weighted by Crippen LogP contribution is -2.31. The van der Waals surface area contributed by atoms with E-state index in [1.54, 1.807) is 43.3 Å². The molecule has 1 saturated carbocycles. The maximum absolute atomic E-state index is 12.9. The monoisotopic (exact) mass is 579 g/mol. The first-order chi connectivity index (χ1) is 21.1. The van der Waals surface area contributed by atoms with Gasteiger partial charge in [-0.2, -0.15) is 0 Å². The van der Waals surface area contributed by atoms with E-state index in [0.717, 1.165) is 22.0 Å². The van der Waals surface area contributed by atoms with Gasteiger partial charge in [0.2, 0.25) is 0 Å². The maximum atomic E-state index is 12.9. The number of amides is 2. The summed E-state index contributed by atoms with van der Waals surface area (Å²) in [5.41, 5.74) is 3.45. The van der Waals surface area contributed by atoms with Gasteiger partial charge in [0.25, 0.3) is 15.9 Å². The Morgan fingerprint density at radius 2 is 1.80 bits per heavy atom. The minimum Gasteiger partial charge on any atom is -0.496 e. The number of carbonyl (C=O) groups is 2. The SMILES string of the molecule is [2H]C1([2H])CCC([2H])([2H])C1OC(=O)Nc1ccc2c(c1)c(Cc1ccc(C(=O)NS(=O)(=O)c3ccccc3C)cc1OC)cn2C. The van der Waals surface area contributed by atoms with Gasteiger partial charge in [0.05, 0.1) is 12.0 Å². The molecule has 0 bridgehead atoms. The number of hydrogen-bond donors (Lipinski definition) is 2. The number of rotatable bonds is 8. The Balaban J connectivity index is 1.35. The quantitative estimate of drug-likeness (QED) is 0.277. The minimum absolute atomic E-state index is 0.0142. The lowest BCUT2D eigenvalue weighted by Gasteiger charge is -2.13. The van der Waals surface area contributed by atoms with Gasteiger partial charge < -0.3 is 14.0 Å². The van der Waals surface area contributed by atoms with E-state index >= 15 is 0 Å². The standard InChI is InChI=1S/C31H33N3O6S/c1-20-8-4-7-11-29(20)41(37,38)33-30(35)22-13-12-21(28(17-22)39-3)16-23-19-34(2)27-15-14-24(18-26(23)27)32-31(36)40-25-9-5-6-10-25/h4,7-8,11-15,17-19,25H,5-6,9-10,16H2,1-3H3,(H,32,36)(H,33,35)/i9D2,10D2. The van der Waals surface area contributed by atoms with Gasteiger partial charge >= 0.3 is 6.09 Å². The molecule has 3 aromatic carbocycles. The summed E-state index contributed by atoms with van der Waals surface area (Å²) in [6.07, 6.45) is -4.21. The zero-order valence-electron chi connectivity index (χ0n) is 26.9. The van der Waals surface area contributed by atoms with Crippen LogP contribution in [0.5, 0.6) is 5.75 Å². The molecule has 1 aliphatic rings. The van der Waals surface area contributed by atoms with Crippen molar-refractivity contribution >= 4 is 38.6 Å². The molecule has 0 atom stereocenters. The van der Waals surface area contributed by atoms with Crippen LogP contribution in [0.3, 0.4) is 0 Å². The molecule has 0 aliphatic heterocycles. The van der Waals surface area contributed by atoms with Crippen molar-refractivity contribution in [3.63, 3.8) is 0 Å². The fraction of sp³-hybridized carbons (Fsp3) is 0.290. The molecule has 2 amide bonds. The molecule has 5 rings (SSSR count). The molecule has 0 spiro atoms. The van der Waals surface area contributed by atoms with Crippen molar-refractivity contribution in [2.75, 3.05) is 12.4 Å². The number of anilines is 1. The molecule has 1 aromatic heterocycles. The van der Waals surface area contributed by atoms with Crippen molar-refractivity contribution in [1.82, 2.24) is 9.29 Å². The van der Waals surface area contributed by atoms with E-state index in [1.165, 1.54) is 25.3 Å². The van der Waals surface area contributed by atoms with E-state index < -0.39 is 40.9 Å². The third kappa shape index (κ3) is 6.22. The van der Waals surface area contributed by atoms with E-state index in [0.29, 0.717) is 23.4 Å². The molecule has 9 nitrogen and oxygen atoms in total. The highest BCUT2D eigenvalue weighted by Gasteiger charge is 2.22. The minimum atomic E-state index is -4.09. The van der Waals surface area contributed by atoms with Crippen LogP contribution in [-0.2, 0) is 28.2 Å². The normalized spacial score (nSPS) is 17.6. The van der Waals surface area contributed by atoms with Crippen LogP contribution in [-0.4, -0.2) is 38.2 Å². The number of carbonyl (C=O) groups excluding carboxylic acids is 2. The van der Waals surface area contributed by atoms with Crippen molar-refractivity contribution in [2.45, 2.75) is 49.9 Å². The van der Waals surface area contributed by atoms with Crippen LogP contribution in [0.15, 0.2) is 71.8 Å². The van der Waals surface area contributed by atoms with Gasteiger partial charge in [-0.15, -0.1) is 0 Å². The van der Waals surface area contributed by atoms with Gasteiger partial charge in [-0.3, -0.25) is 10.1 Å². The Morgan fingerprint density at radius 1 is 1.05 bits per heavy atom. The number of aromatic nitrogens is 1. The average molecular weight is 580 g/mol. The molecule has 214 valence electrons. The summed E-state index contributed by atoms with van der Waals surface area (Å²) in [6, 6.07) is 16.3. The highest BCUT2D eigenvalue weighted by atomic mass is 32.2. The van der Waals surface area contributed by atoms with Gasteiger partial charge in [0, 0.05) is 47.3 Å². The van der Waals surface area contributed by atoms with E-state index in [-0.39, 0.29) is 23.3 Å². The molecule has 1 aliphatic carbocycles. The molecule has 10 heteroatoms.